The van der Waals surface area contributed by atoms with Crippen molar-refractivity contribution >= 4 is 11.6 Å². The van der Waals surface area contributed by atoms with E-state index in [1.54, 1.807) is 30.3 Å². The Morgan fingerprint density at radius 3 is 2.53 bits per heavy atom. The average Bonchev–Trinajstić information content (AvgIpc) is 2.23. The smallest absolute Gasteiger partial charge is 0.113 e. The van der Waals surface area contributed by atoms with Crippen LogP contribution in [0.1, 0.15) is 0 Å². The molecule has 1 heterocycles. The maximum Gasteiger partial charge on any atom is 0.113 e. The number of nitrogens with zero attached hydrogens (tertiary/aromatic N) is 2. The Hall–Kier alpha value is -1.03. The maximum absolute atomic E-state index is 5.73. The van der Waals surface area contributed by atoms with Crippen molar-refractivity contribution in [3.63, 3.8) is 0 Å². The zero-order valence-electron chi connectivity index (χ0n) is 7.59. The Balaban J connectivity index is 0.00000112. The molecule has 5 heteroatoms. The molecule has 75 valence electrons. The van der Waals surface area contributed by atoms with Crippen LogP contribution in [0.2, 0.25) is 5.02 Å². The fourth-order valence-electron chi connectivity index (χ4n) is 0.928. The standard InChI is InChI=1S/C10H6ClN2O.V/c11-8-1-3-9(4-2-8)14-10-5-6-12-7-13-10;/h1-5,7H;/q-1;. The van der Waals surface area contributed by atoms with Gasteiger partial charge in [-0.2, -0.15) is 0 Å². The molecule has 2 rings (SSSR count). The van der Waals surface area contributed by atoms with E-state index in [2.05, 4.69) is 16.2 Å². The molecule has 0 saturated heterocycles. The monoisotopic (exact) mass is 256 g/mol. The van der Waals surface area contributed by atoms with Crippen LogP contribution in [0.15, 0.2) is 36.7 Å². The fourth-order valence-corrected chi connectivity index (χ4v) is 1.05. The molecular formula is C10H6ClN2OV-. The van der Waals surface area contributed by atoms with Gasteiger partial charge in [0.1, 0.15) is 11.6 Å². The third-order valence-electron chi connectivity index (χ3n) is 1.54. The minimum absolute atomic E-state index is 0. The van der Waals surface area contributed by atoms with E-state index in [1.807, 2.05) is 0 Å². The minimum atomic E-state index is 0. The molecule has 0 aliphatic rings. The third kappa shape index (κ3) is 3.55. The summed E-state index contributed by atoms with van der Waals surface area (Å²) in [6, 6.07) is 8.60. The van der Waals surface area contributed by atoms with Crippen molar-refractivity contribution in [3.05, 3.63) is 47.9 Å². The molecule has 0 fully saturated rings. The first-order valence-corrected chi connectivity index (χ1v) is 4.34. The number of rotatable bonds is 2. The Morgan fingerprint density at radius 1 is 1.20 bits per heavy atom. The summed E-state index contributed by atoms with van der Waals surface area (Å²) < 4.78 is 5.39. The van der Waals surface area contributed by atoms with Gasteiger partial charge in [-0.3, -0.25) is 0 Å². The van der Waals surface area contributed by atoms with Gasteiger partial charge in [-0.05, 0) is 24.3 Å². The van der Waals surface area contributed by atoms with Crippen LogP contribution >= 0.6 is 11.6 Å². The van der Waals surface area contributed by atoms with Crippen molar-refractivity contribution in [2.24, 2.45) is 0 Å². The van der Waals surface area contributed by atoms with Crippen LogP contribution in [0.3, 0.4) is 0 Å². The number of hydrogen-bond acceptors (Lipinski definition) is 3. The van der Waals surface area contributed by atoms with Gasteiger partial charge in [-0.25, -0.2) is 0 Å². The normalized spacial score (nSPS) is 9.13. The summed E-state index contributed by atoms with van der Waals surface area (Å²) in [5.74, 6) is 1.14. The molecule has 0 aliphatic carbocycles. The molecule has 1 radical (unpaired) electrons. The van der Waals surface area contributed by atoms with E-state index in [9.17, 15) is 0 Å². The van der Waals surface area contributed by atoms with E-state index in [0.29, 0.717) is 16.7 Å². The molecule has 0 spiro atoms. The van der Waals surface area contributed by atoms with Crippen molar-refractivity contribution in [1.82, 2.24) is 9.97 Å². The summed E-state index contributed by atoms with van der Waals surface area (Å²) in [4.78, 5) is 7.56. The van der Waals surface area contributed by atoms with Crippen LogP contribution in [0.4, 0.5) is 0 Å². The number of benzene rings is 1. The predicted octanol–water partition coefficient (Wildman–Crippen LogP) is 2.72. The van der Waals surface area contributed by atoms with Gasteiger partial charge in [-0.15, -0.1) is 0 Å². The van der Waals surface area contributed by atoms with E-state index < -0.39 is 0 Å². The number of hydrogen-bond donors (Lipinski definition) is 0. The van der Waals surface area contributed by atoms with E-state index in [1.165, 1.54) is 6.33 Å². The summed E-state index contributed by atoms with van der Waals surface area (Å²) in [5.41, 5.74) is 0. The Kier molecular flexibility index (Phi) is 4.62. The summed E-state index contributed by atoms with van der Waals surface area (Å²) >= 11 is 5.73. The first kappa shape index (κ1) is 12.0. The SMILES string of the molecule is Clc1ccc(Oc2c[c-]ncn2)cc1.[V]. The van der Waals surface area contributed by atoms with Gasteiger partial charge in [0.05, 0.1) is 0 Å². The largest absolute Gasteiger partial charge is 0.499 e. The molecule has 0 N–H and O–H groups in total. The topological polar surface area (TPSA) is 35.0 Å². The molecule has 0 bridgehead atoms. The van der Waals surface area contributed by atoms with E-state index >= 15 is 0 Å². The van der Waals surface area contributed by atoms with Crippen molar-refractivity contribution in [1.29, 1.82) is 0 Å². The average molecular weight is 257 g/mol. The molecule has 0 atom stereocenters. The summed E-state index contributed by atoms with van der Waals surface area (Å²) in [6.07, 6.45) is 4.01. The molecule has 0 unspecified atom stereocenters. The molecule has 1 aromatic heterocycles. The zero-order valence-corrected chi connectivity index (χ0v) is 9.74. The van der Waals surface area contributed by atoms with Crippen LogP contribution in [-0.2, 0) is 18.6 Å². The second-order valence-electron chi connectivity index (χ2n) is 2.54. The van der Waals surface area contributed by atoms with Crippen LogP contribution in [-0.4, -0.2) is 9.97 Å². The molecule has 0 aliphatic heterocycles. The van der Waals surface area contributed by atoms with Gasteiger partial charge >= 0.3 is 0 Å². The zero-order chi connectivity index (χ0) is 9.80. The minimum Gasteiger partial charge on any atom is -0.499 e. The van der Waals surface area contributed by atoms with Crippen LogP contribution in [0.5, 0.6) is 11.6 Å². The second-order valence-corrected chi connectivity index (χ2v) is 2.98. The summed E-state index contributed by atoms with van der Waals surface area (Å²) in [6.45, 7) is 0. The number of halogens is 1. The first-order chi connectivity index (χ1) is 6.84. The van der Waals surface area contributed by atoms with Crippen molar-refractivity contribution in [2.75, 3.05) is 0 Å². The van der Waals surface area contributed by atoms with Gasteiger partial charge in [0, 0.05) is 29.9 Å². The Morgan fingerprint density at radius 2 is 1.93 bits per heavy atom. The molecular weight excluding hydrogens is 251 g/mol. The summed E-state index contributed by atoms with van der Waals surface area (Å²) in [5, 5.41) is 0.673. The number of ether oxygens (including phenoxy) is 1. The van der Waals surface area contributed by atoms with Crippen molar-refractivity contribution in [2.45, 2.75) is 0 Å². The van der Waals surface area contributed by atoms with Gasteiger partial charge < -0.3 is 14.7 Å². The quantitative estimate of drug-likeness (QED) is 0.775. The molecule has 2 aromatic rings. The molecule has 3 nitrogen and oxygen atoms in total. The van der Waals surface area contributed by atoms with Crippen LogP contribution in [0, 0.1) is 6.20 Å². The van der Waals surface area contributed by atoms with Crippen LogP contribution < -0.4 is 4.74 Å². The third-order valence-corrected chi connectivity index (χ3v) is 1.79. The molecule has 1 aromatic carbocycles. The van der Waals surface area contributed by atoms with Gasteiger partial charge in [0.25, 0.3) is 0 Å². The second kappa shape index (κ2) is 5.76. The Bertz CT molecular complexity index is 408. The van der Waals surface area contributed by atoms with Gasteiger partial charge in [0.2, 0.25) is 0 Å². The fraction of sp³-hybridized carbons (Fsp3) is 0. The summed E-state index contributed by atoms with van der Waals surface area (Å²) in [7, 11) is 0. The van der Waals surface area contributed by atoms with Crippen LogP contribution in [0.25, 0.3) is 0 Å². The molecule has 0 saturated carbocycles. The van der Waals surface area contributed by atoms with E-state index in [-0.39, 0.29) is 18.6 Å². The number of aromatic nitrogens is 2. The predicted molar refractivity (Wildman–Crippen MR) is 52.4 cm³/mol. The maximum atomic E-state index is 5.73. The van der Waals surface area contributed by atoms with E-state index in [4.69, 9.17) is 16.3 Å². The molecule has 15 heavy (non-hydrogen) atoms. The van der Waals surface area contributed by atoms with E-state index in [0.717, 1.165) is 0 Å². The molecule has 0 amide bonds. The van der Waals surface area contributed by atoms with Crippen molar-refractivity contribution in [3.8, 4) is 11.6 Å². The Labute approximate surface area is 104 Å². The van der Waals surface area contributed by atoms with Crippen molar-refractivity contribution < 1.29 is 23.3 Å². The first-order valence-electron chi connectivity index (χ1n) is 3.96. The van der Waals surface area contributed by atoms with Gasteiger partial charge in [0.15, 0.2) is 0 Å². The van der Waals surface area contributed by atoms with Gasteiger partial charge in [-0.1, -0.05) is 23.9 Å².